The molecule has 1 atom stereocenters. The number of carbonyl (C=O) groups excluding carboxylic acids is 2. The highest BCUT2D eigenvalue weighted by atomic mass is 16.5. The maximum absolute atomic E-state index is 12.7. The van der Waals surface area contributed by atoms with Crippen molar-refractivity contribution in [3.05, 3.63) is 47.5 Å². The molecule has 166 valence electrons. The van der Waals surface area contributed by atoms with Crippen molar-refractivity contribution in [1.29, 1.82) is 0 Å². The lowest BCUT2D eigenvalue weighted by molar-refractivity contribution is -0.125. The van der Waals surface area contributed by atoms with E-state index in [2.05, 4.69) is 10.2 Å². The molecule has 0 bridgehead atoms. The van der Waals surface area contributed by atoms with Crippen LogP contribution < -0.4 is 19.7 Å². The molecule has 1 unspecified atom stereocenters. The number of fused-ring (bicyclic) bond motifs is 1. The molecule has 7 nitrogen and oxygen atoms in total. The highest BCUT2D eigenvalue weighted by Gasteiger charge is 2.31. The summed E-state index contributed by atoms with van der Waals surface area (Å²) in [5, 5.41) is 2.85. The van der Waals surface area contributed by atoms with E-state index in [9.17, 15) is 9.59 Å². The Labute approximate surface area is 183 Å². The lowest BCUT2D eigenvalue weighted by atomic mass is 10.1. The average molecular weight is 426 g/mol. The van der Waals surface area contributed by atoms with Crippen LogP contribution in [0.2, 0.25) is 0 Å². The highest BCUT2D eigenvalue weighted by molar-refractivity contribution is 6.01. The largest absolute Gasteiger partial charge is 0.483 e. The second kappa shape index (κ2) is 9.83. The summed E-state index contributed by atoms with van der Waals surface area (Å²) in [5.74, 6) is 0.992. The summed E-state index contributed by atoms with van der Waals surface area (Å²) >= 11 is 0. The number of carbonyl (C=O) groups is 2. The molecule has 1 aliphatic rings. The number of nitrogens with zero attached hydrogens (tertiary/aromatic N) is 2. The maximum Gasteiger partial charge on any atom is 0.267 e. The SMILES string of the molecule is Cc1cccc(OCC(=O)Nc2ccc3c(c2)N(CCCN(C)C)C(=O)C(C)O3)c1C. The lowest BCUT2D eigenvalue weighted by Gasteiger charge is -2.33. The van der Waals surface area contributed by atoms with E-state index in [0.717, 1.165) is 24.1 Å². The summed E-state index contributed by atoms with van der Waals surface area (Å²) < 4.78 is 11.4. The van der Waals surface area contributed by atoms with Crippen molar-refractivity contribution in [2.24, 2.45) is 0 Å². The molecule has 1 aliphatic heterocycles. The van der Waals surface area contributed by atoms with Crippen molar-refractivity contribution in [1.82, 2.24) is 4.90 Å². The number of benzene rings is 2. The van der Waals surface area contributed by atoms with E-state index < -0.39 is 6.10 Å². The van der Waals surface area contributed by atoms with Crippen molar-refractivity contribution in [3.63, 3.8) is 0 Å². The summed E-state index contributed by atoms with van der Waals surface area (Å²) in [6.45, 7) is 7.09. The zero-order valence-corrected chi connectivity index (χ0v) is 18.9. The van der Waals surface area contributed by atoms with Gasteiger partial charge in [-0.3, -0.25) is 9.59 Å². The predicted octanol–water partition coefficient (Wildman–Crippen LogP) is 3.39. The Balaban J connectivity index is 1.69. The van der Waals surface area contributed by atoms with Crippen molar-refractivity contribution in [2.75, 3.05) is 44.0 Å². The monoisotopic (exact) mass is 425 g/mol. The van der Waals surface area contributed by atoms with Gasteiger partial charge in [0.1, 0.15) is 11.5 Å². The number of ether oxygens (including phenoxy) is 2. The first-order valence-corrected chi connectivity index (χ1v) is 10.5. The Morgan fingerprint density at radius 1 is 1.23 bits per heavy atom. The van der Waals surface area contributed by atoms with E-state index in [1.165, 1.54) is 0 Å². The molecule has 31 heavy (non-hydrogen) atoms. The average Bonchev–Trinajstić information content (AvgIpc) is 2.72. The van der Waals surface area contributed by atoms with Crippen LogP contribution in [0.3, 0.4) is 0 Å². The molecule has 0 saturated carbocycles. The van der Waals surface area contributed by atoms with Gasteiger partial charge >= 0.3 is 0 Å². The van der Waals surface area contributed by atoms with Gasteiger partial charge in [0, 0.05) is 12.2 Å². The smallest absolute Gasteiger partial charge is 0.267 e. The first-order chi connectivity index (χ1) is 14.8. The van der Waals surface area contributed by atoms with E-state index >= 15 is 0 Å². The molecule has 0 saturated heterocycles. The van der Waals surface area contributed by atoms with Crippen LogP contribution in [0.25, 0.3) is 0 Å². The first-order valence-electron chi connectivity index (χ1n) is 10.5. The van der Waals surface area contributed by atoms with Gasteiger partial charge in [-0.05, 0) is 83.2 Å². The van der Waals surface area contributed by atoms with E-state index in [1.54, 1.807) is 30.0 Å². The molecular weight excluding hydrogens is 394 g/mol. The van der Waals surface area contributed by atoms with Crippen LogP contribution in [-0.4, -0.2) is 56.6 Å². The number of nitrogens with one attached hydrogen (secondary N) is 1. The fourth-order valence-corrected chi connectivity index (χ4v) is 3.48. The van der Waals surface area contributed by atoms with Crippen LogP contribution >= 0.6 is 0 Å². The van der Waals surface area contributed by atoms with Gasteiger partial charge in [0.15, 0.2) is 12.7 Å². The minimum Gasteiger partial charge on any atom is -0.483 e. The third kappa shape index (κ3) is 5.55. The van der Waals surface area contributed by atoms with E-state index in [4.69, 9.17) is 9.47 Å². The van der Waals surface area contributed by atoms with Gasteiger partial charge in [-0.2, -0.15) is 0 Å². The van der Waals surface area contributed by atoms with Crippen LogP contribution in [0, 0.1) is 13.8 Å². The van der Waals surface area contributed by atoms with Gasteiger partial charge in [0.05, 0.1) is 5.69 Å². The topological polar surface area (TPSA) is 71.1 Å². The molecule has 3 rings (SSSR count). The zero-order chi connectivity index (χ0) is 22.5. The minimum absolute atomic E-state index is 0.0759. The third-order valence-corrected chi connectivity index (χ3v) is 5.35. The molecule has 7 heteroatoms. The Bertz CT molecular complexity index is 958. The Morgan fingerprint density at radius 3 is 2.74 bits per heavy atom. The van der Waals surface area contributed by atoms with E-state index in [0.29, 0.717) is 29.4 Å². The summed E-state index contributed by atoms with van der Waals surface area (Å²) in [7, 11) is 4.01. The normalized spacial score (nSPS) is 15.5. The molecule has 2 amide bonds. The number of anilines is 2. The van der Waals surface area contributed by atoms with Gasteiger partial charge in [-0.25, -0.2) is 0 Å². The molecule has 2 aromatic rings. The fourth-order valence-electron chi connectivity index (χ4n) is 3.48. The summed E-state index contributed by atoms with van der Waals surface area (Å²) in [4.78, 5) is 29.0. The number of aryl methyl sites for hydroxylation is 1. The summed E-state index contributed by atoms with van der Waals surface area (Å²) in [5.41, 5.74) is 3.40. The molecule has 0 radical (unpaired) electrons. The van der Waals surface area contributed by atoms with E-state index in [1.807, 2.05) is 46.1 Å². The molecule has 0 spiro atoms. The molecule has 1 N–H and O–H groups in total. The number of amides is 2. The molecular formula is C24H31N3O4. The minimum atomic E-state index is -0.529. The molecule has 0 aromatic heterocycles. The van der Waals surface area contributed by atoms with Gasteiger partial charge in [0.2, 0.25) is 0 Å². The molecule has 2 aromatic carbocycles. The summed E-state index contributed by atoms with van der Waals surface area (Å²) in [6.07, 6.45) is 0.309. The molecule has 0 aliphatic carbocycles. The zero-order valence-electron chi connectivity index (χ0n) is 18.9. The second-order valence-corrected chi connectivity index (χ2v) is 8.12. The van der Waals surface area contributed by atoms with Crippen molar-refractivity contribution in [3.8, 4) is 11.5 Å². The quantitative estimate of drug-likeness (QED) is 0.702. The molecule has 1 heterocycles. The fraction of sp³-hybridized carbons (Fsp3) is 0.417. The van der Waals surface area contributed by atoms with Crippen LogP contribution in [0.15, 0.2) is 36.4 Å². The molecule has 0 fully saturated rings. The number of hydrogen-bond acceptors (Lipinski definition) is 5. The Morgan fingerprint density at radius 2 is 2.00 bits per heavy atom. The maximum atomic E-state index is 12.7. The highest BCUT2D eigenvalue weighted by Crippen LogP contribution is 2.36. The predicted molar refractivity (Wildman–Crippen MR) is 122 cm³/mol. The Hall–Kier alpha value is -3.06. The van der Waals surface area contributed by atoms with Gasteiger partial charge in [-0.1, -0.05) is 12.1 Å². The Kier molecular flexibility index (Phi) is 7.17. The van der Waals surface area contributed by atoms with Gasteiger partial charge < -0.3 is 24.6 Å². The van der Waals surface area contributed by atoms with Crippen LogP contribution in [0.1, 0.15) is 24.5 Å². The number of hydrogen-bond donors (Lipinski definition) is 1. The van der Waals surface area contributed by atoms with Crippen molar-refractivity contribution < 1.29 is 19.1 Å². The second-order valence-electron chi connectivity index (χ2n) is 8.12. The van der Waals surface area contributed by atoms with E-state index in [-0.39, 0.29) is 18.4 Å². The first kappa shape index (κ1) is 22.6. The third-order valence-electron chi connectivity index (χ3n) is 5.35. The van der Waals surface area contributed by atoms with Crippen molar-refractivity contribution >= 4 is 23.2 Å². The number of rotatable bonds is 8. The lowest BCUT2D eigenvalue weighted by Crippen LogP contribution is -2.45. The summed E-state index contributed by atoms with van der Waals surface area (Å²) in [6, 6.07) is 11.1. The van der Waals surface area contributed by atoms with Crippen LogP contribution in [0.5, 0.6) is 11.5 Å². The van der Waals surface area contributed by atoms with Crippen molar-refractivity contribution in [2.45, 2.75) is 33.3 Å². The van der Waals surface area contributed by atoms with Crippen LogP contribution in [0.4, 0.5) is 11.4 Å². The van der Waals surface area contributed by atoms with Gasteiger partial charge in [0.25, 0.3) is 11.8 Å². The standard InChI is InChI=1S/C24H31N3O4/c1-16-8-6-9-21(17(16)2)30-15-23(28)25-19-10-11-22-20(14-19)27(13-7-12-26(4)5)24(29)18(3)31-22/h6,8-11,14,18H,7,12-13,15H2,1-5H3,(H,25,28). The van der Waals surface area contributed by atoms with Gasteiger partial charge in [-0.15, -0.1) is 0 Å². The van der Waals surface area contributed by atoms with Crippen LogP contribution in [-0.2, 0) is 9.59 Å².